The van der Waals surface area contributed by atoms with Crippen LogP contribution in [-0.4, -0.2) is 32.3 Å². The van der Waals surface area contributed by atoms with Crippen molar-refractivity contribution in [3.8, 4) is 0 Å². The van der Waals surface area contributed by atoms with Gasteiger partial charge in [-0.2, -0.15) is 0 Å². The number of ether oxygens (including phenoxy) is 1. The Bertz CT molecular complexity index is 413. The molecule has 2 N–H and O–H groups in total. The summed E-state index contributed by atoms with van der Waals surface area (Å²) in [5, 5.41) is 6.90. The molecular weight excluding hydrogens is 236 g/mol. The summed E-state index contributed by atoms with van der Waals surface area (Å²) < 4.78 is 5.69. The van der Waals surface area contributed by atoms with Crippen molar-refractivity contribution in [2.75, 3.05) is 26.2 Å². The minimum atomic E-state index is 0.390. The van der Waals surface area contributed by atoms with Crippen molar-refractivity contribution >= 4 is 0 Å². The summed E-state index contributed by atoms with van der Waals surface area (Å²) >= 11 is 0. The van der Waals surface area contributed by atoms with Crippen LogP contribution in [0, 0.1) is 0 Å². The van der Waals surface area contributed by atoms with Crippen molar-refractivity contribution in [3.05, 3.63) is 34.9 Å². The maximum Gasteiger partial charge on any atom is 0.0712 e. The molecule has 2 aliphatic rings. The molecule has 3 rings (SSSR count). The Kier molecular flexibility index (Phi) is 4.49. The number of rotatable bonds is 5. The molecular formula is C16H24N2O. The third-order valence-electron chi connectivity index (χ3n) is 4.14. The van der Waals surface area contributed by atoms with Crippen LogP contribution in [-0.2, 0) is 24.1 Å². The zero-order valence-electron chi connectivity index (χ0n) is 11.6. The van der Waals surface area contributed by atoms with E-state index in [1.807, 2.05) is 0 Å². The van der Waals surface area contributed by atoms with Crippen molar-refractivity contribution in [2.24, 2.45) is 0 Å². The van der Waals surface area contributed by atoms with Gasteiger partial charge in [-0.15, -0.1) is 0 Å². The highest BCUT2D eigenvalue weighted by molar-refractivity contribution is 5.35. The summed E-state index contributed by atoms with van der Waals surface area (Å²) in [4.78, 5) is 0. The molecule has 1 unspecified atom stereocenters. The first-order valence-electron chi connectivity index (χ1n) is 7.55. The van der Waals surface area contributed by atoms with Gasteiger partial charge in [0.15, 0.2) is 0 Å². The van der Waals surface area contributed by atoms with Crippen LogP contribution >= 0.6 is 0 Å². The molecule has 1 saturated heterocycles. The lowest BCUT2D eigenvalue weighted by atomic mass is 10.1. The van der Waals surface area contributed by atoms with Gasteiger partial charge < -0.3 is 15.4 Å². The first kappa shape index (κ1) is 13.1. The van der Waals surface area contributed by atoms with Gasteiger partial charge in [-0.3, -0.25) is 0 Å². The Labute approximate surface area is 115 Å². The molecule has 0 spiro atoms. The number of hydrogen-bond acceptors (Lipinski definition) is 3. The molecule has 0 radical (unpaired) electrons. The first-order valence-corrected chi connectivity index (χ1v) is 7.55. The number of morpholine rings is 1. The number of nitrogens with one attached hydrogen (secondary N) is 2. The van der Waals surface area contributed by atoms with Crippen LogP contribution in [0.15, 0.2) is 18.2 Å². The maximum atomic E-state index is 5.69. The van der Waals surface area contributed by atoms with Crippen LogP contribution in [0.3, 0.4) is 0 Å². The minimum absolute atomic E-state index is 0.390. The van der Waals surface area contributed by atoms with Crippen LogP contribution < -0.4 is 10.6 Å². The van der Waals surface area contributed by atoms with E-state index in [4.69, 9.17) is 4.74 Å². The maximum absolute atomic E-state index is 5.69. The zero-order valence-corrected chi connectivity index (χ0v) is 11.6. The van der Waals surface area contributed by atoms with Gasteiger partial charge in [-0.1, -0.05) is 18.2 Å². The summed E-state index contributed by atoms with van der Waals surface area (Å²) in [6.07, 6.45) is 5.36. The van der Waals surface area contributed by atoms with Gasteiger partial charge in [0.1, 0.15) is 0 Å². The Balaban J connectivity index is 1.40. The van der Waals surface area contributed by atoms with E-state index < -0.39 is 0 Å². The average Bonchev–Trinajstić information content (AvgIpc) is 2.92. The zero-order chi connectivity index (χ0) is 12.9. The number of hydrogen-bond donors (Lipinski definition) is 2. The Morgan fingerprint density at radius 3 is 3.11 bits per heavy atom. The first-order chi connectivity index (χ1) is 9.42. The van der Waals surface area contributed by atoms with Crippen molar-refractivity contribution < 1.29 is 4.74 Å². The van der Waals surface area contributed by atoms with E-state index in [1.165, 1.54) is 24.8 Å². The topological polar surface area (TPSA) is 33.3 Å². The molecule has 1 fully saturated rings. The van der Waals surface area contributed by atoms with Gasteiger partial charge >= 0.3 is 0 Å². The number of aryl methyl sites for hydroxylation is 2. The second-order valence-electron chi connectivity index (χ2n) is 5.62. The van der Waals surface area contributed by atoms with Crippen molar-refractivity contribution in [2.45, 2.75) is 38.3 Å². The standard InChI is InChI=1S/C16H24N2O/c1-2-14-5-4-13(10-15(14)3-1)11-17-7-6-16-12-18-8-9-19-16/h4-5,10,16-18H,1-3,6-9,11-12H2. The molecule has 1 aromatic carbocycles. The van der Waals surface area contributed by atoms with Crippen molar-refractivity contribution in [1.82, 2.24) is 10.6 Å². The lowest BCUT2D eigenvalue weighted by Gasteiger charge is -2.23. The molecule has 0 bridgehead atoms. The quantitative estimate of drug-likeness (QED) is 0.790. The summed E-state index contributed by atoms with van der Waals surface area (Å²) in [5.74, 6) is 0. The average molecular weight is 260 g/mol. The fourth-order valence-electron chi connectivity index (χ4n) is 3.04. The van der Waals surface area contributed by atoms with Gasteiger partial charge in [-0.25, -0.2) is 0 Å². The van der Waals surface area contributed by atoms with E-state index >= 15 is 0 Å². The summed E-state index contributed by atoms with van der Waals surface area (Å²) in [7, 11) is 0. The predicted octanol–water partition coefficient (Wildman–Crippen LogP) is 1.64. The molecule has 1 aliphatic heterocycles. The van der Waals surface area contributed by atoms with E-state index in [9.17, 15) is 0 Å². The fourth-order valence-corrected chi connectivity index (χ4v) is 3.04. The van der Waals surface area contributed by atoms with E-state index in [-0.39, 0.29) is 0 Å². The van der Waals surface area contributed by atoms with Gasteiger partial charge in [0.25, 0.3) is 0 Å². The fraction of sp³-hybridized carbons (Fsp3) is 0.625. The van der Waals surface area contributed by atoms with Gasteiger partial charge in [0, 0.05) is 19.6 Å². The number of benzene rings is 1. The molecule has 1 atom stereocenters. The molecule has 1 heterocycles. The monoisotopic (exact) mass is 260 g/mol. The molecule has 104 valence electrons. The second-order valence-corrected chi connectivity index (χ2v) is 5.62. The Morgan fingerprint density at radius 2 is 2.21 bits per heavy atom. The van der Waals surface area contributed by atoms with E-state index in [2.05, 4.69) is 28.8 Å². The highest BCUT2D eigenvalue weighted by Gasteiger charge is 2.13. The molecule has 1 aliphatic carbocycles. The summed E-state index contributed by atoms with van der Waals surface area (Å²) in [6.45, 7) is 4.87. The van der Waals surface area contributed by atoms with Gasteiger partial charge in [0.2, 0.25) is 0 Å². The second kappa shape index (κ2) is 6.51. The number of fused-ring (bicyclic) bond motifs is 1. The normalized spacial score (nSPS) is 22.4. The molecule has 3 heteroatoms. The van der Waals surface area contributed by atoms with Gasteiger partial charge in [-0.05, 0) is 48.9 Å². The predicted molar refractivity (Wildman–Crippen MR) is 77.4 cm³/mol. The van der Waals surface area contributed by atoms with Gasteiger partial charge in [0.05, 0.1) is 12.7 Å². The van der Waals surface area contributed by atoms with Crippen LogP contribution in [0.25, 0.3) is 0 Å². The van der Waals surface area contributed by atoms with E-state index in [1.54, 1.807) is 11.1 Å². The smallest absolute Gasteiger partial charge is 0.0712 e. The van der Waals surface area contributed by atoms with E-state index in [0.29, 0.717) is 6.10 Å². The molecule has 0 amide bonds. The Morgan fingerprint density at radius 1 is 1.26 bits per heavy atom. The molecule has 1 aromatic rings. The summed E-state index contributed by atoms with van der Waals surface area (Å²) in [5.41, 5.74) is 4.55. The lowest BCUT2D eigenvalue weighted by molar-refractivity contribution is 0.0238. The molecule has 19 heavy (non-hydrogen) atoms. The van der Waals surface area contributed by atoms with E-state index in [0.717, 1.165) is 39.2 Å². The lowest BCUT2D eigenvalue weighted by Crippen LogP contribution is -2.39. The van der Waals surface area contributed by atoms with Crippen LogP contribution in [0.1, 0.15) is 29.5 Å². The van der Waals surface area contributed by atoms with Crippen molar-refractivity contribution in [3.63, 3.8) is 0 Å². The molecule has 3 nitrogen and oxygen atoms in total. The van der Waals surface area contributed by atoms with Crippen LogP contribution in [0.5, 0.6) is 0 Å². The third kappa shape index (κ3) is 3.56. The minimum Gasteiger partial charge on any atom is -0.376 e. The summed E-state index contributed by atoms with van der Waals surface area (Å²) in [6, 6.07) is 6.97. The molecule has 0 aromatic heterocycles. The molecule has 0 saturated carbocycles. The van der Waals surface area contributed by atoms with Crippen LogP contribution in [0.2, 0.25) is 0 Å². The van der Waals surface area contributed by atoms with Crippen LogP contribution in [0.4, 0.5) is 0 Å². The van der Waals surface area contributed by atoms with Crippen molar-refractivity contribution in [1.29, 1.82) is 0 Å². The largest absolute Gasteiger partial charge is 0.376 e. The highest BCUT2D eigenvalue weighted by Crippen LogP contribution is 2.22. The highest BCUT2D eigenvalue weighted by atomic mass is 16.5. The SMILES string of the molecule is c1cc2c(cc1CNCCC1CNCCO1)CCC2. The Hall–Kier alpha value is -0.900. The third-order valence-corrected chi connectivity index (χ3v) is 4.14.